The van der Waals surface area contributed by atoms with Gasteiger partial charge in [-0.05, 0) is 24.1 Å². The number of carbonyl (C=O) groups excluding carboxylic acids is 1. The first-order valence-corrected chi connectivity index (χ1v) is 11.6. The van der Waals surface area contributed by atoms with E-state index in [-0.39, 0.29) is 12.4 Å². The average Bonchev–Trinajstić information content (AvgIpc) is 3.38. The molecule has 0 saturated carbocycles. The molecule has 1 amide bonds. The summed E-state index contributed by atoms with van der Waals surface area (Å²) in [5.41, 5.74) is 0.561. The number of hydrogen-bond donors (Lipinski definition) is 4. The second-order valence-electron chi connectivity index (χ2n) is 7.61. The van der Waals surface area contributed by atoms with Crippen LogP contribution in [0.4, 0.5) is 0 Å². The number of β-amino-alcohol motifs (C(OH)–C–C–N with tert-alkyl or cyclic N) is 1. The van der Waals surface area contributed by atoms with Gasteiger partial charge in [0.1, 0.15) is 0 Å². The summed E-state index contributed by atoms with van der Waals surface area (Å²) in [6.07, 6.45) is 2.98. The minimum atomic E-state index is -0.821. The Hall–Kier alpha value is -3.14. The quantitative estimate of drug-likeness (QED) is 0.311. The lowest BCUT2D eigenvalue weighted by Gasteiger charge is -2.46. The second kappa shape index (κ2) is 12.2. The highest BCUT2D eigenvalue weighted by atomic mass is 32.2. The maximum absolute atomic E-state index is 12.8. The first kappa shape index (κ1) is 24.5. The number of carboxylic acid groups (broad SMARTS) is 1. The Bertz CT molecular complexity index is 988. The number of likely N-dealkylation sites (tertiary alicyclic amines) is 1. The molecule has 1 aliphatic heterocycles. The highest BCUT2D eigenvalue weighted by Crippen LogP contribution is 2.34. The third kappa shape index (κ3) is 6.44. The molecule has 2 aromatic carbocycles. The summed E-state index contributed by atoms with van der Waals surface area (Å²) in [4.78, 5) is 24.7. The molecule has 0 bridgehead atoms. The highest BCUT2D eigenvalue weighted by molar-refractivity contribution is 7.99. The van der Waals surface area contributed by atoms with Gasteiger partial charge in [-0.1, -0.05) is 48.5 Å². The largest absolute Gasteiger partial charge is 0.483 e. The fourth-order valence-corrected chi connectivity index (χ4v) is 4.88. The predicted molar refractivity (Wildman–Crippen MR) is 127 cm³/mol. The topological polar surface area (TPSA) is 119 Å². The van der Waals surface area contributed by atoms with Crippen LogP contribution in [0.1, 0.15) is 22.3 Å². The number of aromatic amines is 1. The zero-order valence-corrected chi connectivity index (χ0v) is 18.9. The van der Waals surface area contributed by atoms with Gasteiger partial charge in [-0.15, -0.1) is 11.8 Å². The summed E-state index contributed by atoms with van der Waals surface area (Å²) in [6.45, 7) is 1.94. The van der Waals surface area contributed by atoms with Crippen LogP contribution in [0.3, 0.4) is 0 Å². The highest BCUT2D eigenvalue weighted by Gasteiger charge is 2.45. The Balaban J connectivity index is 0.000000968. The number of nitrogens with zero attached hydrogens (tertiary/aromatic N) is 2. The molecule has 8 nitrogen and oxygen atoms in total. The molecule has 174 valence electrons. The predicted octanol–water partition coefficient (Wildman–Crippen LogP) is 2.59. The Morgan fingerprint density at radius 2 is 1.88 bits per heavy atom. The Morgan fingerprint density at radius 1 is 1.21 bits per heavy atom. The zero-order chi connectivity index (χ0) is 23.5. The van der Waals surface area contributed by atoms with Crippen molar-refractivity contribution in [3.63, 3.8) is 0 Å². The SMILES string of the molecule is O=C(N[C@@]1(c2ccccc2)CCN(CCSc2ccccc2)C[C@H]1O)c1cn[nH]c1.O=CO. The maximum Gasteiger partial charge on any atom is 0.290 e. The van der Waals surface area contributed by atoms with E-state index in [1.807, 2.05) is 60.3 Å². The fraction of sp³-hybridized carbons (Fsp3) is 0.292. The number of carbonyl (C=O) groups is 2. The molecule has 0 radical (unpaired) electrons. The summed E-state index contributed by atoms with van der Waals surface area (Å²) in [5.74, 6) is 0.718. The number of aliphatic hydroxyl groups excluding tert-OH is 1. The molecule has 1 saturated heterocycles. The molecular formula is C24H28N4O4S. The van der Waals surface area contributed by atoms with Crippen molar-refractivity contribution in [3.05, 3.63) is 84.2 Å². The number of amides is 1. The first-order valence-electron chi connectivity index (χ1n) is 10.6. The molecule has 1 aliphatic rings. The normalized spacial score (nSPS) is 20.3. The van der Waals surface area contributed by atoms with E-state index < -0.39 is 11.6 Å². The molecule has 2 atom stereocenters. The number of aromatic nitrogens is 2. The van der Waals surface area contributed by atoms with Gasteiger partial charge < -0.3 is 15.5 Å². The van der Waals surface area contributed by atoms with Gasteiger partial charge in [0, 0.05) is 36.5 Å². The van der Waals surface area contributed by atoms with Gasteiger partial charge in [-0.3, -0.25) is 19.6 Å². The van der Waals surface area contributed by atoms with Gasteiger partial charge in [0.05, 0.1) is 23.4 Å². The summed E-state index contributed by atoms with van der Waals surface area (Å²) >= 11 is 1.82. The lowest BCUT2D eigenvalue weighted by molar-refractivity contribution is -0.122. The van der Waals surface area contributed by atoms with Gasteiger partial charge in [-0.2, -0.15) is 5.10 Å². The van der Waals surface area contributed by atoms with Crippen LogP contribution in [-0.2, 0) is 10.3 Å². The second-order valence-corrected chi connectivity index (χ2v) is 8.78. The number of nitrogens with one attached hydrogen (secondary N) is 2. The third-order valence-electron chi connectivity index (χ3n) is 5.63. The summed E-state index contributed by atoms with van der Waals surface area (Å²) < 4.78 is 0. The third-order valence-corrected chi connectivity index (χ3v) is 6.62. The minimum Gasteiger partial charge on any atom is -0.483 e. The molecule has 4 N–H and O–H groups in total. The standard InChI is InChI=1S/C23H26N4O2S.CH2O2/c28-21-17-27(13-14-30-20-9-5-2-6-10-20)12-11-23(21,19-7-3-1-4-8-19)26-22(29)18-15-24-25-16-18;2-1-3/h1-10,15-16,21,28H,11-14,17H2,(H,24,25)(H,26,29);1H,(H,2,3)/t21-,23-;/m1./s1. The van der Waals surface area contributed by atoms with Crippen molar-refractivity contribution in [2.24, 2.45) is 0 Å². The van der Waals surface area contributed by atoms with Crippen molar-refractivity contribution < 1.29 is 19.8 Å². The van der Waals surface area contributed by atoms with Gasteiger partial charge >= 0.3 is 0 Å². The van der Waals surface area contributed by atoms with Crippen molar-refractivity contribution in [1.29, 1.82) is 0 Å². The summed E-state index contributed by atoms with van der Waals surface area (Å²) in [5, 5.41) is 27.8. The lowest BCUT2D eigenvalue weighted by atomic mass is 9.78. The molecular weight excluding hydrogens is 440 g/mol. The Labute approximate surface area is 197 Å². The molecule has 0 aliphatic carbocycles. The number of hydrogen-bond acceptors (Lipinski definition) is 6. The van der Waals surface area contributed by atoms with E-state index in [0.29, 0.717) is 18.5 Å². The number of H-pyrrole nitrogens is 1. The number of thioether (sulfide) groups is 1. The van der Waals surface area contributed by atoms with Crippen molar-refractivity contribution in [2.75, 3.05) is 25.4 Å². The van der Waals surface area contributed by atoms with Crippen LogP contribution in [0.25, 0.3) is 0 Å². The Morgan fingerprint density at radius 3 is 2.48 bits per heavy atom. The van der Waals surface area contributed by atoms with Crippen molar-refractivity contribution in [1.82, 2.24) is 20.4 Å². The van der Waals surface area contributed by atoms with Gasteiger partial charge in [0.15, 0.2) is 0 Å². The molecule has 1 fully saturated rings. The number of rotatable bonds is 7. The van der Waals surface area contributed by atoms with Crippen molar-refractivity contribution in [3.8, 4) is 0 Å². The van der Waals surface area contributed by atoms with Gasteiger partial charge in [0.25, 0.3) is 12.4 Å². The lowest BCUT2D eigenvalue weighted by Crippen LogP contribution is -2.62. The van der Waals surface area contributed by atoms with Crippen LogP contribution in [0, 0.1) is 0 Å². The van der Waals surface area contributed by atoms with Crippen LogP contribution in [0.5, 0.6) is 0 Å². The maximum atomic E-state index is 12.8. The average molecular weight is 469 g/mol. The van der Waals surface area contributed by atoms with E-state index in [4.69, 9.17) is 9.90 Å². The van der Waals surface area contributed by atoms with E-state index in [1.54, 1.807) is 6.20 Å². The van der Waals surface area contributed by atoms with E-state index in [0.717, 1.165) is 24.4 Å². The van der Waals surface area contributed by atoms with E-state index in [2.05, 4.69) is 32.5 Å². The molecule has 9 heteroatoms. The minimum absolute atomic E-state index is 0.236. The smallest absolute Gasteiger partial charge is 0.290 e. The van der Waals surface area contributed by atoms with Crippen LogP contribution in [-0.4, -0.2) is 69.2 Å². The fourth-order valence-electron chi connectivity index (χ4n) is 3.95. The van der Waals surface area contributed by atoms with Crippen molar-refractivity contribution in [2.45, 2.75) is 23.0 Å². The van der Waals surface area contributed by atoms with E-state index in [9.17, 15) is 9.90 Å². The number of benzene rings is 2. The Kier molecular flexibility index (Phi) is 9.05. The summed E-state index contributed by atoms with van der Waals surface area (Å²) in [7, 11) is 0. The van der Waals surface area contributed by atoms with Crippen LogP contribution >= 0.6 is 11.8 Å². The van der Waals surface area contributed by atoms with Crippen LogP contribution in [0.2, 0.25) is 0 Å². The molecule has 3 aromatic rings. The van der Waals surface area contributed by atoms with E-state index in [1.165, 1.54) is 11.1 Å². The molecule has 2 heterocycles. The molecule has 33 heavy (non-hydrogen) atoms. The summed E-state index contributed by atoms with van der Waals surface area (Å²) in [6, 6.07) is 20.1. The molecule has 0 spiro atoms. The van der Waals surface area contributed by atoms with Crippen LogP contribution < -0.4 is 5.32 Å². The molecule has 0 unspecified atom stereocenters. The molecule has 1 aromatic heterocycles. The first-order chi connectivity index (χ1) is 16.1. The van der Waals surface area contributed by atoms with E-state index >= 15 is 0 Å². The van der Waals surface area contributed by atoms with Gasteiger partial charge in [-0.25, -0.2) is 0 Å². The number of aliphatic hydroxyl groups is 1. The molecule has 4 rings (SSSR count). The zero-order valence-electron chi connectivity index (χ0n) is 18.1. The monoisotopic (exact) mass is 468 g/mol. The van der Waals surface area contributed by atoms with Gasteiger partial charge in [0.2, 0.25) is 0 Å². The van der Waals surface area contributed by atoms with Crippen molar-refractivity contribution >= 4 is 24.1 Å². The van der Waals surface area contributed by atoms with Crippen LogP contribution in [0.15, 0.2) is 78.0 Å². The number of piperidine rings is 1.